The SMILES string of the molecule is COc1ccc(OC)c(CNC(=O)CCCn2nnc(-c3ccccc3)n2)c1. The maximum absolute atomic E-state index is 12.1. The molecule has 0 bridgehead atoms. The van der Waals surface area contributed by atoms with Crippen LogP contribution in [0.15, 0.2) is 48.5 Å². The topological polar surface area (TPSA) is 91.2 Å². The van der Waals surface area contributed by atoms with Crippen molar-refractivity contribution in [3.63, 3.8) is 0 Å². The number of aromatic nitrogens is 4. The summed E-state index contributed by atoms with van der Waals surface area (Å²) in [6.07, 6.45) is 0.986. The Balaban J connectivity index is 1.46. The van der Waals surface area contributed by atoms with Gasteiger partial charge in [0.15, 0.2) is 0 Å². The smallest absolute Gasteiger partial charge is 0.220 e. The summed E-state index contributed by atoms with van der Waals surface area (Å²) in [5.74, 6) is 1.96. The first-order valence-corrected chi connectivity index (χ1v) is 9.00. The van der Waals surface area contributed by atoms with E-state index in [0.717, 1.165) is 16.9 Å². The van der Waals surface area contributed by atoms with E-state index in [1.54, 1.807) is 14.2 Å². The van der Waals surface area contributed by atoms with Crippen LogP contribution in [-0.4, -0.2) is 40.3 Å². The van der Waals surface area contributed by atoms with Crippen molar-refractivity contribution < 1.29 is 14.3 Å². The normalized spacial score (nSPS) is 10.5. The number of rotatable bonds is 9. The third-order valence-corrected chi connectivity index (χ3v) is 4.21. The molecule has 1 aromatic heterocycles. The number of benzene rings is 2. The van der Waals surface area contributed by atoms with Crippen molar-refractivity contribution in [2.75, 3.05) is 14.2 Å². The van der Waals surface area contributed by atoms with Gasteiger partial charge in [0.05, 0.1) is 20.8 Å². The average molecular weight is 381 g/mol. The third-order valence-electron chi connectivity index (χ3n) is 4.21. The molecule has 0 spiro atoms. The second kappa shape index (κ2) is 9.50. The second-order valence-electron chi connectivity index (χ2n) is 6.13. The quantitative estimate of drug-likeness (QED) is 0.612. The Morgan fingerprint density at radius 1 is 1.11 bits per heavy atom. The summed E-state index contributed by atoms with van der Waals surface area (Å²) in [5.41, 5.74) is 1.78. The Bertz CT molecular complexity index is 911. The highest BCUT2D eigenvalue weighted by Crippen LogP contribution is 2.23. The van der Waals surface area contributed by atoms with Crippen molar-refractivity contribution >= 4 is 5.91 Å². The van der Waals surface area contributed by atoms with Gasteiger partial charge in [0, 0.05) is 24.1 Å². The summed E-state index contributed by atoms with van der Waals surface area (Å²) >= 11 is 0. The molecule has 0 unspecified atom stereocenters. The summed E-state index contributed by atoms with van der Waals surface area (Å²) in [7, 11) is 3.20. The van der Waals surface area contributed by atoms with Gasteiger partial charge in [-0.25, -0.2) is 0 Å². The minimum Gasteiger partial charge on any atom is -0.497 e. The maximum atomic E-state index is 12.1. The van der Waals surface area contributed by atoms with E-state index in [1.807, 2.05) is 48.5 Å². The number of tetrazole rings is 1. The van der Waals surface area contributed by atoms with Gasteiger partial charge in [-0.2, -0.15) is 4.80 Å². The lowest BCUT2D eigenvalue weighted by Gasteiger charge is -2.11. The minimum atomic E-state index is -0.0479. The van der Waals surface area contributed by atoms with Gasteiger partial charge in [-0.1, -0.05) is 30.3 Å². The van der Waals surface area contributed by atoms with Crippen LogP contribution in [0, 0.1) is 0 Å². The first-order chi connectivity index (χ1) is 13.7. The van der Waals surface area contributed by atoms with Crippen molar-refractivity contribution in [3.8, 4) is 22.9 Å². The molecule has 0 saturated heterocycles. The fourth-order valence-electron chi connectivity index (χ4n) is 2.72. The van der Waals surface area contributed by atoms with Crippen LogP contribution in [0.5, 0.6) is 11.5 Å². The lowest BCUT2D eigenvalue weighted by atomic mass is 10.2. The molecule has 1 heterocycles. The standard InChI is InChI=1S/C20H23N5O3/c1-27-17-10-11-18(28-2)16(13-17)14-21-19(26)9-6-12-25-23-20(22-24-25)15-7-4-3-5-8-15/h3-5,7-8,10-11,13H,6,9,12,14H2,1-2H3,(H,21,26). The number of amides is 1. The van der Waals surface area contributed by atoms with Gasteiger partial charge in [-0.15, -0.1) is 10.2 Å². The molecule has 0 saturated carbocycles. The molecule has 146 valence electrons. The summed E-state index contributed by atoms with van der Waals surface area (Å²) in [6.45, 7) is 0.897. The predicted octanol–water partition coefficient (Wildman–Crippen LogP) is 2.45. The first-order valence-electron chi connectivity index (χ1n) is 9.00. The zero-order chi connectivity index (χ0) is 19.8. The van der Waals surface area contributed by atoms with Gasteiger partial charge >= 0.3 is 0 Å². The lowest BCUT2D eigenvalue weighted by Crippen LogP contribution is -2.23. The Hall–Kier alpha value is -3.42. The fraction of sp³-hybridized carbons (Fsp3) is 0.300. The van der Waals surface area contributed by atoms with Crippen molar-refractivity contribution in [1.82, 2.24) is 25.5 Å². The number of hydrogen-bond acceptors (Lipinski definition) is 6. The van der Waals surface area contributed by atoms with E-state index < -0.39 is 0 Å². The Morgan fingerprint density at radius 3 is 2.68 bits per heavy atom. The molecule has 0 radical (unpaired) electrons. The Labute approximate surface area is 163 Å². The molecule has 0 aliphatic carbocycles. The summed E-state index contributed by atoms with van der Waals surface area (Å²) in [4.78, 5) is 13.7. The van der Waals surface area contributed by atoms with Gasteiger partial charge in [-0.3, -0.25) is 4.79 Å². The van der Waals surface area contributed by atoms with Crippen LogP contribution in [0.4, 0.5) is 0 Å². The number of ether oxygens (including phenoxy) is 2. The van der Waals surface area contributed by atoms with Gasteiger partial charge < -0.3 is 14.8 Å². The first kappa shape index (κ1) is 19.3. The number of hydrogen-bond donors (Lipinski definition) is 1. The maximum Gasteiger partial charge on any atom is 0.220 e. The van der Waals surface area contributed by atoms with Crippen LogP contribution in [0.2, 0.25) is 0 Å². The van der Waals surface area contributed by atoms with E-state index in [4.69, 9.17) is 9.47 Å². The highest BCUT2D eigenvalue weighted by molar-refractivity contribution is 5.75. The van der Waals surface area contributed by atoms with E-state index in [9.17, 15) is 4.79 Å². The number of carbonyl (C=O) groups is 1. The van der Waals surface area contributed by atoms with Crippen LogP contribution in [-0.2, 0) is 17.9 Å². The van der Waals surface area contributed by atoms with E-state index in [2.05, 4.69) is 20.7 Å². The molecule has 28 heavy (non-hydrogen) atoms. The second-order valence-corrected chi connectivity index (χ2v) is 6.13. The largest absolute Gasteiger partial charge is 0.497 e. The van der Waals surface area contributed by atoms with Gasteiger partial charge in [-0.05, 0) is 29.8 Å². The average Bonchev–Trinajstić information content (AvgIpc) is 3.21. The highest BCUT2D eigenvalue weighted by atomic mass is 16.5. The summed E-state index contributed by atoms with van der Waals surface area (Å²) < 4.78 is 10.5. The number of methoxy groups -OCH3 is 2. The van der Waals surface area contributed by atoms with Crippen LogP contribution in [0.25, 0.3) is 11.4 Å². The number of nitrogens with one attached hydrogen (secondary N) is 1. The molecule has 3 aromatic rings. The third kappa shape index (κ3) is 5.06. The number of aryl methyl sites for hydroxylation is 1. The molecule has 8 nitrogen and oxygen atoms in total. The van der Waals surface area contributed by atoms with E-state index >= 15 is 0 Å². The molecule has 0 fully saturated rings. The van der Waals surface area contributed by atoms with Crippen LogP contribution >= 0.6 is 0 Å². The zero-order valence-electron chi connectivity index (χ0n) is 16.0. The molecular formula is C20H23N5O3. The highest BCUT2D eigenvalue weighted by Gasteiger charge is 2.09. The van der Waals surface area contributed by atoms with E-state index in [0.29, 0.717) is 37.5 Å². The predicted molar refractivity (Wildman–Crippen MR) is 104 cm³/mol. The van der Waals surface area contributed by atoms with Crippen LogP contribution in [0.3, 0.4) is 0 Å². The molecule has 0 atom stereocenters. The van der Waals surface area contributed by atoms with E-state index in [1.165, 1.54) is 4.80 Å². The molecule has 1 N–H and O–H groups in total. The van der Waals surface area contributed by atoms with Crippen LogP contribution < -0.4 is 14.8 Å². The van der Waals surface area contributed by atoms with Crippen molar-refractivity contribution in [2.45, 2.75) is 25.9 Å². The lowest BCUT2D eigenvalue weighted by molar-refractivity contribution is -0.121. The zero-order valence-corrected chi connectivity index (χ0v) is 16.0. The van der Waals surface area contributed by atoms with Crippen molar-refractivity contribution in [2.24, 2.45) is 0 Å². The molecular weight excluding hydrogens is 358 g/mol. The summed E-state index contributed by atoms with van der Waals surface area (Å²) in [5, 5.41) is 15.3. The van der Waals surface area contributed by atoms with E-state index in [-0.39, 0.29) is 5.91 Å². The molecule has 3 rings (SSSR count). The monoisotopic (exact) mass is 381 g/mol. The Morgan fingerprint density at radius 2 is 1.93 bits per heavy atom. The molecule has 1 amide bonds. The molecule has 8 heteroatoms. The molecule has 0 aliphatic heterocycles. The summed E-state index contributed by atoms with van der Waals surface area (Å²) in [6, 6.07) is 15.1. The molecule has 2 aromatic carbocycles. The number of nitrogens with zero attached hydrogens (tertiary/aromatic N) is 4. The van der Waals surface area contributed by atoms with Crippen LogP contribution in [0.1, 0.15) is 18.4 Å². The van der Waals surface area contributed by atoms with Gasteiger partial charge in [0.2, 0.25) is 11.7 Å². The van der Waals surface area contributed by atoms with Crippen molar-refractivity contribution in [3.05, 3.63) is 54.1 Å². The fourth-order valence-corrected chi connectivity index (χ4v) is 2.72. The molecule has 0 aliphatic rings. The van der Waals surface area contributed by atoms with Crippen molar-refractivity contribution in [1.29, 1.82) is 0 Å². The van der Waals surface area contributed by atoms with Gasteiger partial charge in [0.25, 0.3) is 0 Å². The number of carbonyl (C=O) groups excluding carboxylic acids is 1. The Kier molecular flexibility index (Phi) is 6.56. The van der Waals surface area contributed by atoms with Gasteiger partial charge in [0.1, 0.15) is 11.5 Å². The minimum absolute atomic E-state index is 0.0479.